The van der Waals surface area contributed by atoms with Gasteiger partial charge < -0.3 is 35.1 Å². The van der Waals surface area contributed by atoms with E-state index in [9.17, 15) is 24.0 Å². The Kier molecular flexibility index (Phi) is 15.3. The van der Waals surface area contributed by atoms with Gasteiger partial charge in [0.25, 0.3) is 11.8 Å². The van der Waals surface area contributed by atoms with Crippen molar-refractivity contribution < 1.29 is 38.2 Å². The molecule has 0 radical (unpaired) electrons. The number of nitrogens with one attached hydrogen (secondary N) is 3. The molecule has 0 saturated carbocycles. The van der Waals surface area contributed by atoms with Crippen LogP contribution < -0.4 is 20.7 Å². The Hall–Kier alpha value is -4.14. The van der Waals surface area contributed by atoms with E-state index in [4.69, 9.17) is 14.2 Å². The minimum absolute atomic E-state index is 0.130. The molecular weight excluding hydrogens is 711 g/mol. The van der Waals surface area contributed by atoms with Crippen LogP contribution in [0.4, 0.5) is 0 Å². The van der Waals surface area contributed by atoms with E-state index in [2.05, 4.69) is 20.9 Å². The van der Waals surface area contributed by atoms with Gasteiger partial charge in [0.1, 0.15) is 11.8 Å². The molecule has 0 aromatic heterocycles. The van der Waals surface area contributed by atoms with Crippen LogP contribution >= 0.6 is 11.8 Å². The monoisotopic (exact) mass is 767 g/mol. The lowest BCUT2D eigenvalue weighted by atomic mass is 9.96. The Bertz CT molecular complexity index is 1590. The van der Waals surface area contributed by atoms with Crippen molar-refractivity contribution in [3.63, 3.8) is 0 Å². The topological polar surface area (TPSA) is 156 Å². The van der Waals surface area contributed by atoms with Gasteiger partial charge in [-0.25, -0.2) is 0 Å². The number of morpholine rings is 1. The molecule has 3 atom stereocenters. The van der Waals surface area contributed by atoms with Gasteiger partial charge >= 0.3 is 5.97 Å². The number of ether oxygens (including phenoxy) is 3. The van der Waals surface area contributed by atoms with Crippen LogP contribution in [-0.2, 0) is 39.9 Å². The van der Waals surface area contributed by atoms with Crippen molar-refractivity contribution in [2.24, 2.45) is 0 Å². The van der Waals surface area contributed by atoms with E-state index in [0.717, 1.165) is 29.8 Å². The second-order valence-corrected chi connectivity index (χ2v) is 17.0. The minimum atomic E-state index is -1.52. The number of thioether (sulfide) groups is 1. The molecule has 0 spiro atoms. The van der Waals surface area contributed by atoms with Gasteiger partial charge in [-0.3, -0.25) is 28.9 Å². The number of hydrogen-bond acceptors (Lipinski definition) is 10. The van der Waals surface area contributed by atoms with E-state index >= 15 is 0 Å². The number of rotatable bonds is 16. The normalized spacial score (nSPS) is 18.3. The zero-order valence-corrected chi connectivity index (χ0v) is 33.5. The summed E-state index contributed by atoms with van der Waals surface area (Å²) < 4.78 is 16.6. The highest BCUT2D eigenvalue weighted by atomic mass is 32.2. The van der Waals surface area contributed by atoms with Gasteiger partial charge in [0.2, 0.25) is 17.9 Å². The highest BCUT2D eigenvalue weighted by Crippen LogP contribution is 2.40. The average Bonchev–Trinajstić information content (AvgIpc) is 3.44. The lowest BCUT2D eigenvalue weighted by Gasteiger charge is -2.36. The molecule has 4 amide bonds. The zero-order chi connectivity index (χ0) is 39.5. The summed E-state index contributed by atoms with van der Waals surface area (Å²) in [6, 6.07) is 13.0. The van der Waals surface area contributed by atoms with E-state index < -0.39 is 46.3 Å². The van der Waals surface area contributed by atoms with E-state index in [0.29, 0.717) is 32.1 Å². The number of carbonyl (C=O) groups is 5. The summed E-state index contributed by atoms with van der Waals surface area (Å²) in [6.07, 6.45) is -1.83. The summed E-state index contributed by atoms with van der Waals surface area (Å²) in [5.41, 5.74) is 1.95. The maximum Gasteiger partial charge on any atom is 0.307 e. The maximum atomic E-state index is 14.7. The summed E-state index contributed by atoms with van der Waals surface area (Å²) >= 11 is 1.44. The predicted octanol–water partition coefficient (Wildman–Crippen LogP) is 3.14. The molecule has 0 aliphatic carbocycles. The van der Waals surface area contributed by atoms with Crippen molar-refractivity contribution in [1.29, 1.82) is 0 Å². The van der Waals surface area contributed by atoms with Crippen LogP contribution in [0.15, 0.2) is 48.5 Å². The number of benzene rings is 2. The number of hydrogen-bond donors (Lipinski definition) is 3. The average molecular weight is 768 g/mol. The summed E-state index contributed by atoms with van der Waals surface area (Å²) in [4.78, 5) is 72.0. The SMILES string of the molecule is Cc1cccc(C)c1OCC(=O)N[C@@H](Cc1ccccc1)[C@H](OC(=O)CCC(=O)NCCN1CCOCC1)C(=O)N1CSC(C)(C)[C@H]1C(=O)NC(C)(C)C. The van der Waals surface area contributed by atoms with Crippen molar-refractivity contribution in [3.8, 4) is 5.75 Å². The molecular formula is C40H57N5O8S. The lowest BCUT2D eigenvalue weighted by Crippen LogP contribution is -2.61. The molecule has 2 aliphatic heterocycles. The van der Waals surface area contributed by atoms with Crippen LogP contribution in [-0.4, -0.2) is 120 Å². The van der Waals surface area contributed by atoms with Gasteiger partial charge in [-0.1, -0.05) is 48.5 Å². The molecule has 54 heavy (non-hydrogen) atoms. The van der Waals surface area contributed by atoms with Gasteiger partial charge in [0.05, 0.1) is 31.6 Å². The Labute approximate surface area is 323 Å². The molecule has 2 aromatic rings. The van der Waals surface area contributed by atoms with Crippen LogP contribution in [0.2, 0.25) is 0 Å². The second-order valence-electron chi connectivity index (χ2n) is 15.4. The standard InChI is InChI=1S/C40H57N5O8S/c1-27-12-11-13-28(2)34(27)52-25-32(47)42-30(24-29-14-9-8-10-15-29)35(38(50)45-26-54-40(6,7)36(45)37(49)43-39(3,4)5)53-33(48)17-16-31(46)41-18-19-44-20-22-51-23-21-44/h8-15,30,35-36H,16-26H2,1-7H3,(H,41,46)(H,42,47)(H,43,49)/t30-,35-,36+/m0/s1. The van der Waals surface area contributed by atoms with Gasteiger partial charge in [-0.2, -0.15) is 0 Å². The maximum absolute atomic E-state index is 14.7. The fraction of sp³-hybridized carbons (Fsp3) is 0.575. The Morgan fingerprint density at radius 3 is 2.26 bits per heavy atom. The molecule has 0 unspecified atom stereocenters. The molecule has 3 N–H and O–H groups in total. The molecule has 4 rings (SSSR count). The van der Waals surface area contributed by atoms with Crippen molar-refractivity contribution in [3.05, 3.63) is 65.2 Å². The van der Waals surface area contributed by atoms with Gasteiger partial charge in [0.15, 0.2) is 6.61 Å². The quantitative estimate of drug-likeness (QED) is 0.217. The zero-order valence-electron chi connectivity index (χ0n) is 32.7. The van der Waals surface area contributed by atoms with Crippen molar-refractivity contribution >= 4 is 41.4 Å². The number of aryl methyl sites for hydroxylation is 2. The first-order valence-electron chi connectivity index (χ1n) is 18.6. The Morgan fingerprint density at radius 1 is 0.944 bits per heavy atom. The molecule has 2 aromatic carbocycles. The number of nitrogens with zero attached hydrogens (tertiary/aromatic N) is 2. The molecule has 14 heteroatoms. The summed E-state index contributed by atoms with van der Waals surface area (Å²) in [5.74, 6) is -1.84. The Balaban J connectivity index is 1.57. The third kappa shape index (κ3) is 12.7. The molecule has 2 saturated heterocycles. The van der Waals surface area contributed by atoms with Gasteiger partial charge in [-0.15, -0.1) is 11.8 Å². The highest BCUT2D eigenvalue weighted by Gasteiger charge is 2.51. The van der Waals surface area contributed by atoms with Crippen LogP contribution in [0.1, 0.15) is 64.2 Å². The van der Waals surface area contributed by atoms with Crippen LogP contribution in [0, 0.1) is 13.8 Å². The van der Waals surface area contributed by atoms with Crippen LogP contribution in [0.3, 0.4) is 0 Å². The number of carbonyl (C=O) groups excluding carboxylic acids is 5. The lowest BCUT2D eigenvalue weighted by molar-refractivity contribution is -0.164. The summed E-state index contributed by atoms with van der Waals surface area (Å²) in [7, 11) is 0. The predicted molar refractivity (Wildman–Crippen MR) is 208 cm³/mol. The van der Waals surface area contributed by atoms with E-state index in [1.54, 1.807) is 0 Å². The summed E-state index contributed by atoms with van der Waals surface area (Å²) in [5, 5.41) is 8.77. The third-order valence-corrected chi connectivity index (χ3v) is 10.6. The molecule has 2 aliphatic rings. The second kappa shape index (κ2) is 19.4. The number of para-hydroxylation sites is 1. The number of esters is 1. The number of amides is 4. The molecule has 296 valence electrons. The highest BCUT2D eigenvalue weighted by molar-refractivity contribution is 8.00. The third-order valence-electron chi connectivity index (χ3n) is 9.25. The largest absolute Gasteiger partial charge is 0.483 e. The first kappa shape index (κ1) is 42.6. The van der Waals surface area contributed by atoms with Gasteiger partial charge in [-0.05, 0) is 71.6 Å². The first-order chi connectivity index (χ1) is 25.5. The first-order valence-corrected chi connectivity index (χ1v) is 19.6. The van der Waals surface area contributed by atoms with Crippen molar-refractivity contribution in [1.82, 2.24) is 25.8 Å². The van der Waals surface area contributed by atoms with E-state index in [1.807, 2.05) is 97.0 Å². The molecule has 13 nitrogen and oxygen atoms in total. The van der Waals surface area contributed by atoms with Crippen LogP contribution in [0.25, 0.3) is 0 Å². The van der Waals surface area contributed by atoms with E-state index in [1.165, 1.54) is 16.7 Å². The fourth-order valence-electron chi connectivity index (χ4n) is 6.52. The van der Waals surface area contributed by atoms with Crippen molar-refractivity contribution in [2.75, 3.05) is 51.9 Å². The van der Waals surface area contributed by atoms with E-state index in [-0.39, 0.29) is 43.6 Å². The van der Waals surface area contributed by atoms with Gasteiger partial charge in [0, 0.05) is 42.9 Å². The molecule has 2 fully saturated rings. The van der Waals surface area contributed by atoms with Crippen molar-refractivity contribution in [2.45, 2.75) is 96.2 Å². The minimum Gasteiger partial charge on any atom is -0.483 e. The molecule has 2 heterocycles. The molecule has 0 bridgehead atoms. The Morgan fingerprint density at radius 2 is 1.61 bits per heavy atom. The summed E-state index contributed by atoms with van der Waals surface area (Å²) in [6.45, 7) is 16.8. The fourth-order valence-corrected chi connectivity index (χ4v) is 7.66. The smallest absolute Gasteiger partial charge is 0.307 e. The van der Waals surface area contributed by atoms with Crippen LogP contribution in [0.5, 0.6) is 5.75 Å².